The second-order valence-corrected chi connectivity index (χ2v) is 12.4. The molecule has 38 heavy (non-hydrogen) atoms. The molecule has 0 bridgehead atoms. The Hall–Kier alpha value is -2.47. The molecule has 0 spiro atoms. The molecule has 8 nitrogen and oxygen atoms in total. The third-order valence-corrected chi connectivity index (χ3v) is 9.58. The molecule has 2 amide bonds. The highest BCUT2D eigenvalue weighted by atomic mass is 32.1. The van der Waals surface area contributed by atoms with Crippen molar-refractivity contribution in [2.75, 3.05) is 39.1 Å². The molecule has 11 heteroatoms. The van der Waals surface area contributed by atoms with Gasteiger partial charge in [0, 0.05) is 35.7 Å². The Morgan fingerprint density at radius 3 is 2.55 bits per heavy atom. The number of benzene rings is 1. The maximum absolute atomic E-state index is 14.2. The summed E-state index contributed by atoms with van der Waals surface area (Å²) in [5, 5.41) is 27.0. The fraction of sp³-hybridized carbons (Fsp3) is 0.593. The van der Waals surface area contributed by atoms with Gasteiger partial charge in [0.25, 0.3) is 5.91 Å². The van der Waals surface area contributed by atoms with Gasteiger partial charge in [0.2, 0.25) is 5.91 Å². The molecule has 0 saturated heterocycles. The third-order valence-electron chi connectivity index (χ3n) is 8.57. The van der Waals surface area contributed by atoms with Crippen molar-refractivity contribution < 1.29 is 28.6 Å². The van der Waals surface area contributed by atoms with Crippen molar-refractivity contribution in [3.8, 4) is 0 Å². The average Bonchev–Trinajstić information content (AvgIpc) is 3.24. The van der Waals surface area contributed by atoms with Crippen LogP contribution in [0.2, 0.25) is 0 Å². The number of likely N-dealkylation sites (N-methyl/N-ethyl adjacent to an activating group) is 1. The predicted octanol–water partition coefficient (Wildman–Crippen LogP) is 3.16. The quantitative estimate of drug-likeness (QED) is 0.402. The van der Waals surface area contributed by atoms with Gasteiger partial charge in [-0.25, -0.2) is 13.8 Å². The molecule has 1 aromatic heterocycles. The highest BCUT2D eigenvalue weighted by Gasteiger charge is 2.59. The van der Waals surface area contributed by atoms with Gasteiger partial charge >= 0.3 is 0 Å². The van der Waals surface area contributed by atoms with E-state index >= 15 is 0 Å². The molecule has 1 aromatic carbocycles. The number of aromatic nitrogens is 1. The number of nitrogens with one attached hydrogen (secondary N) is 2. The number of nitrogens with zero attached hydrogens (tertiary/aromatic N) is 2. The number of carbonyl (C=O) groups excluding carboxylic acids is 2. The topological polar surface area (TPSA) is 115 Å². The van der Waals surface area contributed by atoms with Gasteiger partial charge in [-0.2, -0.15) is 0 Å². The van der Waals surface area contributed by atoms with Crippen molar-refractivity contribution in [1.29, 1.82) is 0 Å². The van der Waals surface area contributed by atoms with E-state index in [-0.39, 0.29) is 35.9 Å². The summed E-state index contributed by atoms with van der Waals surface area (Å²) in [6.07, 6.45) is 1.09. The fourth-order valence-electron chi connectivity index (χ4n) is 6.25. The van der Waals surface area contributed by atoms with E-state index in [1.54, 1.807) is 0 Å². The van der Waals surface area contributed by atoms with Gasteiger partial charge in [0.05, 0.1) is 18.4 Å². The first kappa shape index (κ1) is 28.5. The summed E-state index contributed by atoms with van der Waals surface area (Å²) < 4.78 is 28.4. The highest BCUT2D eigenvalue weighted by molar-refractivity contribution is 7.15. The lowest BCUT2D eigenvalue weighted by molar-refractivity contribution is -0.144. The second kappa shape index (κ2) is 11.0. The number of hydrogen-bond acceptors (Lipinski definition) is 7. The number of aliphatic hydroxyl groups is 2. The average molecular weight is 551 g/mol. The summed E-state index contributed by atoms with van der Waals surface area (Å²) in [5.41, 5.74) is -1.24. The lowest BCUT2D eigenvalue weighted by Crippen LogP contribution is -2.57. The van der Waals surface area contributed by atoms with Crippen molar-refractivity contribution in [1.82, 2.24) is 15.2 Å². The first-order valence-corrected chi connectivity index (χ1v) is 13.7. The number of halogens is 2. The van der Waals surface area contributed by atoms with Gasteiger partial charge in [-0.1, -0.05) is 19.9 Å². The van der Waals surface area contributed by atoms with E-state index in [9.17, 15) is 28.6 Å². The van der Waals surface area contributed by atoms with Crippen LogP contribution in [0.1, 0.15) is 60.0 Å². The summed E-state index contributed by atoms with van der Waals surface area (Å²) in [7, 11) is 3.85. The minimum atomic E-state index is -0.970. The first-order chi connectivity index (χ1) is 17.9. The molecule has 208 valence electrons. The number of fused-ring (bicyclic) bond motifs is 2. The van der Waals surface area contributed by atoms with Crippen LogP contribution in [-0.4, -0.2) is 71.8 Å². The van der Waals surface area contributed by atoms with E-state index in [4.69, 9.17) is 0 Å². The van der Waals surface area contributed by atoms with Crippen LogP contribution in [0, 0.1) is 28.4 Å². The van der Waals surface area contributed by atoms with Crippen LogP contribution in [0.4, 0.5) is 13.9 Å². The predicted molar refractivity (Wildman–Crippen MR) is 141 cm³/mol. The van der Waals surface area contributed by atoms with Gasteiger partial charge in [-0.15, -0.1) is 11.3 Å². The molecule has 0 unspecified atom stereocenters. The number of aliphatic hydroxyl groups excluding tert-OH is 2. The van der Waals surface area contributed by atoms with Gasteiger partial charge in [-0.05, 0) is 56.8 Å². The maximum Gasteiger partial charge on any atom is 0.263 e. The minimum Gasteiger partial charge on any atom is -0.396 e. The number of rotatable bonds is 8. The molecule has 1 saturated carbocycles. The Kier molecular flexibility index (Phi) is 8.23. The molecule has 4 rings (SSSR count). The van der Waals surface area contributed by atoms with E-state index in [2.05, 4.69) is 22.5 Å². The van der Waals surface area contributed by atoms with Crippen molar-refractivity contribution in [3.63, 3.8) is 0 Å². The summed E-state index contributed by atoms with van der Waals surface area (Å²) in [6, 6.07) is 3.22. The van der Waals surface area contributed by atoms with E-state index < -0.39 is 40.0 Å². The molecule has 2 aliphatic carbocycles. The van der Waals surface area contributed by atoms with Crippen LogP contribution < -0.4 is 10.6 Å². The molecule has 4 N–H and O–H groups in total. The Bertz CT molecular complexity index is 1190. The van der Waals surface area contributed by atoms with Crippen molar-refractivity contribution in [3.05, 3.63) is 46.0 Å². The lowest BCUT2D eigenvalue weighted by atomic mass is 9.47. The normalized spacial score (nSPS) is 28.5. The molecule has 1 fully saturated rings. The zero-order chi connectivity index (χ0) is 27.8. The highest BCUT2D eigenvalue weighted by Crippen LogP contribution is 2.62. The Labute approximate surface area is 225 Å². The maximum atomic E-state index is 14.2. The van der Waals surface area contributed by atoms with E-state index in [0.717, 1.165) is 17.0 Å². The standard InChI is InChI=1S/C27H36F2N4O4S/c1-26-9-8-20(35)27(2,14-34)19(26)13-18-23(15(26)12-21(36)30-10-11-33(3)4)31-25(38-18)32-24(37)22-16(28)6-5-7-17(22)29/h5-7,15,19-20,34-35H,8-14H2,1-4H3,(H,30,36)(H,31,32,37)/t15-,19+,20-,26+,27+/m1/s1. The second-order valence-electron chi connectivity index (χ2n) is 11.3. The number of thiazole rings is 1. The summed E-state index contributed by atoms with van der Waals surface area (Å²) >= 11 is 1.20. The summed E-state index contributed by atoms with van der Waals surface area (Å²) in [6.45, 7) is 4.94. The molecular formula is C27H36F2N4O4S. The van der Waals surface area contributed by atoms with Gasteiger partial charge in [0.15, 0.2) is 5.13 Å². The number of anilines is 1. The van der Waals surface area contributed by atoms with Crippen LogP contribution in [0.5, 0.6) is 0 Å². The minimum absolute atomic E-state index is 0.131. The molecule has 5 atom stereocenters. The van der Waals surface area contributed by atoms with Crippen molar-refractivity contribution in [2.24, 2.45) is 16.7 Å². The zero-order valence-corrected chi connectivity index (χ0v) is 23.0. The van der Waals surface area contributed by atoms with Gasteiger partial charge in [0.1, 0.15) is 17.2 Å². The Morgan fingerprint density at radius 2 is 1.92 bits per heavy atom. The molecule has 0 radical (unpaired) electrons. The largest absolute Gasteiger partial charge is 0.396 e. The molecule has 2 aromatic rings. The lowest BCUT2D eigenvalue weighted by Gasteiger charge is -2.58. The third kappa shape index (κ3) is 5.21. The van der Waals surface area contributed by atoms with Gasteiger partial charge < -0.3 is 20.4 Å². The Balaban J connectivity index is 1.68. The molecule has 1 heterocycles. The zero-order valence-electron chi connectivity index (χ0n) is 22.2. The van der Waals surface area contributed by atoms with Crippen molar-refractivity contribution in [2.45, 2.75) is 51.6 Å². The Morgan fingerprint density at radius 1 is 1.24 bits per heavy atom. The van der Waals surface area contributed by atoms with E-state index in [1.165, 1.54) is 17.4 Å². The first-order valence-electron chi connectivity index (χ1n) is 12.9. The smallest absolute Gasteiger partial charge is 0.263 e. The fourth-order valence-corrected chi connectivity index (χ4v) is 7.31. The van der Waals surface area contributed by atoms with E-state index in [1.807, 2.05) is 25.9 Å². The number of hydrogen-bond donors (Lipinski definition) is 4. The SMILES string of the molecule is CN(C)CCNC(=O)C[C@@H]1c2nc(NC(=O)c3c(F)cccc3F)sc2C[C@@H]2[C@](C)(CO)[C@H](O)CC[C@]21C. The van der Waals surface area contributed by atoms with Crippen LogP contribution in [0.3, 0.4) is 0 Å². The van der Waals surface area contributed by atoms with Crippen LogP contribution in [0.15, 0.2) is 18.2 Å². The monoisotopic (exact) mass is 550 g/mol. The van der Waals surface area contributed by atoms with Crippen LogP contribution >= 0.6 is 11.3 Å². The van der Waals surface area contributed by atoms with E-state index in [0.29, 0.717) is 38.0 Å². The summed E-state index contributed by atoms with van der Waals surface area (Å²) in [4.78, 5) is 33.3. The molecule has 2 aliphatic rings. The number of carbonyl (C=O) groups is 2. The van der Waals surface area contributed by atoms with Crippen LogP contribution in [0.25, 0.3) is 0 Å². The number of amides is 2. The molecular weight excluding hydrogens is 514 g/mol. The van der Waals surface area contributed by atoms with Crippen LogP contribution in [-0.2, 0) is 11.2 Å². The summed E-state index contributed by atoms with van der Waals surface area (Å²) in [5.74, 6) is -3.49. The molecule has 0 aliphatic heterocycles. The van der Waals surface area contributed by atoms with Crippen molar-refractivity contribution >= 4 is 28.3 Å². The van der Waals surface area contributed by atoms with Gasteiger partial charge in [-0.3, -0.25) is 14.9 Å².